The molecule has 1 atom stereocenters. The van der Waals surface area contributed by atoms with Gasteiger partial charge in [-0.25, -0.2) is 4.98 Å². The fourth-order valence-electron chi connectivity index (χ4n) is 1.65. The highest BCUT2D eigenvalue weighted by Gasteiger charge is 2.09. The minimum atomic E-state index is 0.00738. The lowest BCUT2D eigenvalue weighted by atomic mass is 10.2. The van der Waals surface area contributed by atoms with Gasteiger partial charge in [0.15, 0.2) is 0 Å². The van der Waals surface area contributed by atoms with Crippen molar-refractivity contribution < 1.29 is 0 Å². The Labute approximate surface area is 87.5 Å². The molecule has 0 bridgehead atoms. The molecule has 2 aromatic rings. The quantitative estimate of drug-likeness (QED) is 0.783. The molecule has 0 aliphatic heterocycles. The maximum Gasteiger partial charge on any atom is 0.139 e. The summed E-state index contributed by atoms with van der Waals surface area (Å²) in [6.07, 6.45) is 1.65. The van der Waals surface area contributed by atoms with E-state index in [1.807, 2.05) is 30.7 Å². The van der Waals surface area contributed by atoms with Crippen molar-refractivity contribution in [1.82, 2.24) is 9.55 Å². The van der Waals surface area contributed by atoms with Crippen LogP contribution in [-0.4, -0.2) is 9.55 Å². The molecule has 1 unspecified atom stereocenters. The second-order valence-electron chi connectivity index (χ2n) is 3.48. The predicted octanol–water partition coefficient (Wildman–Crippen LogP) is 2.25. The molecule has 0 aliphatic rings. The third-order valence-electron chi connectivity index (χ3n) is 2.34. The molecule has 3 nitrogen and oxygen atoms in total. The van der Waals surface area contributed by atoms with Crippen LogP contribution in [0.5, 0.6) is 0 Å². The topological polar surface area (TPSA) is 43.8 Å². The molecule has 2 N–H and O–H groups in total. The first-order valence-electron chi connectivity index (χ1n) is 4.46. The van der Waals surface area contributed by atoms with Crippen molar-refractivity contribution in [2.24, 2.45) is 12.8 Å². The number of hydrogen-bond donors (Lipinski definition) is 1. The first kappa shape index (κ1) is 9.49. The molecule has 2 heterocycles. The van der Waals surface area contributed by atoms with Crippen LogP contribution < -0.4 is 5.73 Å². The average Bonchev–Trinajstić information content (AvgIpc) is 2.43. The molecule has 2 rings (SSSR count). The van der Waals surface area contributed by atoms with Crippen LogP contribution >= 0.6 is 11.6 Å². The van der Waals surface area contributed by atoms with Crippen LogP contribution in [0.1, 0.15) is 18.7 Å². The number of aromatic nitrogens is 2. The van der Waals surface area contributed by atoms with E-state index in [1.54, 1.807) is 6.20 Å². The van der Waals surface area contributed by atoms with Crippen LogP contribution in [0.4, 0.5) is 0 Å². The van der Waals surface area contributed by atoms with Gasteiger partial charge in [-0.15, -0.1) is 0 Å². The number of aryl methyl sites for hydroxylation is 1. The molecule has 0 aliphatic carbocycles. The number of nitrogens with zero attached hydrogens (tertiary/aromatic N) is 2. The van der Waals surface area contributed by atoms with E-state index in [4.69, 9.17) is 17.3 Å². The standard InChI is InChI=1S/C10H12ClN3/c1-6(12)9-4-7-3-8(11)5-13-10(7)14(9)2/h3-6H,12H2,1-2H3. The average molecular weight is 210 g/mol. The fraction of sp³-hybridized carbons (Fsp3) is 0.300. The predicted molar refractivity (Wildman–Crippen MR) is 58.3 cm³/mol. The van der Waals surface area contributed by atoms with Crippen molar-refractivity contribution >= 4 is 22.6 Å². The highest BCUT2D eigenvalue weighted by molar-refractivity contribution is 6.31. The first-order valence-corrected chi connectivity index (χ1v) is 4.84. The second kappa shape index (κ2) is 3.26. The van der Waals surface area contributed by atoms with E-state index in [0.29, 0.717) is 5.02 Å². The summed E-state index contributed by atoms with van der Waals surface area (Å²) in [6.45, 7) is 1.95. The lowest BCUT2D eigenvalue weighted by Gasteiger charge is -2.06. The summed E-state index contributed by atoms with van der Waals surface area (Å²) in [7, 11) is 1.96. The number of halogens is 1. The van der Waals surface area contributed by atoms with Crippen LogP contribution in [0.3, 0.4) is 0 Å². The van der Waals surface area contributed by atoms with Crippen molar-refractivity contribution in [2.45, 2.75) is 13.0 Å². The Balaban J connectivity index is 2.73. The maximum absolute atomic E-state index is 5.86. The van der Waals surface area contributed by atoms with Gasteiger partial charge < -0.3 is 10.3 Å². The van der Waals surface area contributed by atoms with E-state index in [1.165, 1.54) is 0 Å². The molecule has 0 spiro atoms. The number of nitrogens with two attached hydrogens (primary N) is 1. The van der Waals surface area contributed by atoms with Gasteiger partial charge in [0.2, 0.25) is 0 Å². The van der Waals surface area contributed by atoms with E-state index in [2.05, 4.69) is 4.98 Å². The highest BCUT2D eigenvalue weighted by Crippen LogP contribution is 2.22. The summed E-state index contributed by atoms with van der Waals surface area (Å²) >= 11 is 5.86. The van der Waals surface area contributed by atoms with Crippen molar-refractivity contribution in [3.05, 3.63) is 29.0 Å². The van der Waals surface area contributed by atoms with Gasteiger partial charge in [-0.1, -0.05) is 11.6 Å². The van der Waals surface area contributed by atoms with Crippen molar-refractivity contribution in [3.63, 3.8) is 0 Å². The summed E-state index contributed by atoms with van der Waals surface area (Å²) in [4.78, 5) is 4.26. The highest BCUT2D eigenvalue weighted by atomic mass is 35.5. The molecule has 0 amide bonds. The monoisotopic (exact) mass is 209 g/mol. The molecule has 0 aromatic carbocycles. The molecule has 4 heteroatoms. The van der Waals surface area contributed by atoms with Gasteiger partial charge in [-0.2, -0.15) is 0 Å². The van der Waals surface area contributed by atoms with Crippen LogP contribution in [-0.2, 0) is 7.05 Å². The molecule has 2 aromatic heterocycles. The normalized spacial score (nSPS) is 13.4. The summed E-state index contributed by atoms with van der Waals surface area (Å²) in [5.41, 5.74) is 7.82. The summed E-state index contributed by atoms with van der Waals surface area (Å²) < 4.78 is 2.00. The lowest BCUT2D eigenvalue weighted by molar-refractivity contribution is 0.723. The molecule has 0 saturated heterocycles. The van der Waals surface area contributed by atoms with Gasteiger partial charge in [0, 0.05) is 30.4 Å². The van der Waals surface area contributed by atoms with Crippen LogP contribution in [0, 0.1) is 0 Å². The van der Waals surface area contributed by atoms with Gasteiger partial charge in [-0.05, 0) is 19.1 Å². The van der Waals surface area contributed by atoms with Crippen molar-refractivity contribution in [2.75, 3.05) is 0 Å². The number of rotatable bonds is 1. The van der Waals surface area contributed by atoms with Crippen LogP contribution in [0.2, 0.25) is 5.02 Å². The Hall–Kier alpha value is -1.06. The minimum absolute atomic E-state index is 0.00738. The Morgan fingerprint density at radius 2 is 2.21 bits per heavy atom. The maximum atomic E-state index is 5.86. The number of pyridine rings is 1. The van der Waals surface area contributed by atoms with Crippen molar-refractivity contribution in [3.8, 4) is 0 Å². The molecule has 74 valence electrons. The smallest absolute Gasteiger partial charge is 0.139 e. The Morgan fingerprint density at radius 1 is 1.50 bits per heavy atom. The Morgan fingerprint density at radius 3 is 2.86 bits per heavy atom. The number of fused-ring (bicyclic) bond motifs is 1. The van der Waals surface area contributed by atoms with Gasteiger partial charge in [-0.3, -0.25) is 0 Å². The Bertz CT molecular complexity index is 473. The Kier molecular flexibility index (Phi) is 2.21. The SMILES string of the molecule is CC(N)c1cc2cc(Cl)cnc2n1C. The van der Waals surface area contributed by atoms with E-state index in [0.717, 1.165) is 16.7 Å². The van der Waals surface area contributed by atoms with Crippen molar-refractivity contribution in [1.29, 1.82) is 0 Å². The summed E-state index contributed by atoms with van der Waals surface area (Å²) in [6, 6.07) is 3.93. The number of hydrogen-bond acceptors (Lipinski definition) is 2. The van der Waals surface area contributed by atoms with Crippen LogP contribution in [0.25, 0.3) is 11.0 Å². The molecule has 0 radical (unpaired) electrons. The van der Waals surface area contributed by atoms with E-state index in [9.17, 15) is 0 Å². The molecular formula is C10H12ClN3. The van der Waals surface area contributed by atoms with Gasteiger partial charge in [0.05, 0.1) is 5.02 Å². The van der Waals surface area contributed by atoms with Gasteiger partial charge >= 0.3 is 0 Å². The molecule has 0 fully saturated rings. The lowest BCUT2D eigenvalue weighted by Crippen LogP contribution is -2.09. The fourth-order valence-corrected chi connectivity index (χ4v) is 1.82. The zero-order chi connectivity index (χ0) is 10.3. The third kappa shape index (κ3) is 1.38. The zero-order valence-corrected chi connectivity index (χ0v) is 8.92. The molecule has 0 saturated carbocycles. The second-order valence-corrected chi connectivity index (χ2v) is 3.92. The van der Waals surface area contributed by atoms with Gasteiger partial charge in [0.1, 0.15) is 5.65 Å². The summed E-state index contributed by atoms with van der Waals surface area (Å²) in [5.74, 6) is 0. The van der Waals surface area contributed by atoms with E-state index >= 15 is 0 Å². The zero-order valence-electron chi connectivity index (χ0n) is 8.16. The third-order valence-corrected chi connectivity index (χ3v) is 2.54. The molecular weight excluding hydrogens is 198 g/mol. The van der Waals surface area contributed by atoms with E-state index < -0.39 is 0 Å². The van der Waals surface area contributed by atoms with Gasteiger partial charge in [0.25, 0.3) is 0 Å². The largest absolute Gasteiger partial charge is 0.331 e. The summed E-state index contributed by atoms with van der Waals surface area (Å²) in [5, 5.41) is 1.69. The van der Waals surface area contributed by atoms with Crippen LogP contribution in [0.15, 0.2) is 18.3 Å². The first-order chi connectivity index (χ1) is 6.59. The minimum Gasteiger partial charge on any atom is -0.331 e. The molecule has 14 heavy (non-hydrogen) atoms. The van der Waals surface area contributed by atoms with E-state index in [-0.39, 0.29) is 6.04 Å².